The Morgan fingerprint density at radius 1 is 1.08 bits per heavy atom. The average Bonchev–Trinajstić information content (AvgIpc) is 2.96. The second kappa shape index (κ2) is 6.38. The Labute approximate surface area is 151 Å². The van der Waals surface area contributed by atoms with Crippen LogP contribution in [0.1, 0.15) is 11.1 Å². The maximum Gasteiger partial charge on any atom is 0.228 e. The summed E-state index contributed by atoms with van der Waals surface area (Å²) in [5.41, 5.74) is 3.31. The van der Waals surface area contributed by atoms with Gasteiger partial charge in [-0.2, -0.15) is 5.26 Å². The summed E-state index contributed by atoms with van der Waals surface area (Å²) in [6.45, 7) is 0. The van der Waals surface area contributed by atoms with Crippen molar-refractivity contribution >= 4 is 33.3 Å². The average molecular weight is 339 g/mol. The molecule has 26 heavy (non-hydrogen) atoms. The molecule has 3 aromatic carbocycles. The van der Waals surface area contributed by atoms with Crippen LogP contribution >= 0.6 is 0 Å². The highest BCUT2D eigenvalue weighted by Gasteiger charge is 2.12. The van der Waals surface area contributed by atoms with E-state index in [9.17, 15) is 4.79 Å². The number of nitriles is 1. The van der Waals surface area contributed by atoms with Crippen molar-refractivity contribution in [1.82, 2.24) is 4.57 Å². The van der Waals surface area contributed by atoms with Gasteiger partial charge in [-0.3, -0.25) is 4.79 Å². The van der Waals surface area contributed by atoms with Crippen LogP contribution in [0.25, 0.3) is 21.7 Å². The van der Waals surface area contributed by atoms with Gasteiger partial charge in [0.15, 0.2) is 0 Å². The zero-order valence-corrected chi connectivity index (χ0v) is 14.4. The van der Waals surface area contributed by atoms with E-state index < -0.39 is 0 Å². The highest BCUT2D eigenvalue weighted by molar-refractivity contribution is 5.98. The van der Waals surface area contributed by atoms with Crippen molar-refractivity contribution in [2.24, 2.45) is 7.05 Å². The fourth-order valence-corrected chi connectivity index (χ4v) is 3.33. The number of aromatic nitrogens is 1. The zero-order chi connectivity index (χ0) is 18.1. The Morgan fingerprint density at radius 3 is 2.69 bits per heavy atom. The second-order valence-corrected chi connectivity index (χ2v) is 6.40. The van der Waals surface area contributed by atoms with Crippen LogP contribution in [-0.4, -0.2) is 10.5 Å². The normalized spacial score (nSPS) is 10.8. The van der Waals surface area contributed by atoms with Crippen LogP contribution in [0.4, 0.5) is 5.69 Å². The summed E-state index contributed by atoms with van der Waals surface area (Å²) >= 11 is 0. The van der Waals surface area contributed by atoms with E-state index in [2.05, 4.69) is 11.4 Å². The van der Waals surface area contributed by atoms with E-state index in [0.717, 1.165) is 32.9 Å². The number of amides is 1. The Bertz CT molecular complexity index is 1180. The SMILES string of the molecule is Cn1cc(CC(=O)Nc2ccc3ccccc3c2)c2cc(C#N)ccc21. The first kappa shape index (κ1) is 15.9. The van der Waals surface area contributed by atoms with Gasteiger partial charge in [0.1, 0.15) is 0 Å². The third kappa shape index (κ3) is 2.91. The molecule has 0 unspecified atom stereocenters. The van der Waals surface area contributed by atoms with Crippen LogP contribution in [-0.2, 0) is 18.3 Å². The van der Waals surface area contributed by atoms with Crippen molar-refractivity contribution in [2.75, 3.05) is 5.32 Å². The van der Waals surface area contributed by atoms with Gasteiger partial charge in [0, 0.05) is 29.8 Å². The summed E-state index contributed by atoms with van der Waals surface area (Å²) in [7, 11) is 1.94. The van der Waals surface area contributed by atoms with Crippen molar-refractivity contribution < 1.29 is 4.79 Å². The van der Waals surface area contributed by atoms with Gasteiger partial charge in [0.2, 0.25) is 5.91 Å². The quantitative estimate of drug-likeness (QED) is 0.602. The summed E-state index contributed by atoms with van der Waals surface area (Å²) in [6.07, 6.45) is 2.21. The lowest BCUT2D eigenvalue weighted by atomic mass is 10.1. The fourth-order valence-electron chi connectivity index (χ4n) is 3.33. The topological polar surface area (TPSA) is 57.8 Å². The van der Waals surface area contributed by atoms with E-state index in [1.54, 1.807) is 6.07 Å². The van der Waals surface area contributed by atoms with Crippen molar-refractivity contribution in [3.05, 3.63) is 78.0 Å². The molecule has 0 aliphatic heterocycles. The molecule has 0 aliphatic rings. The molecule has 4 nitrogen and oxygen atoms in total. The van der Waals surface area contributed by atoms with Gasteiger partial charge in [-0.1, -0.05) is 30.3 Å². The molecule has 1 heterocycles. The van der Waals surface area contributed by atoms with Crippen molar-refractivity contribution in [3.8, 4) is 6.07 Å². The van der Waals surface area contributed by atoms with Gasteiger partial charge < -0.3 is 9.88 Å². The number of anilines is 1. The molecular formula is C22H17N3O. The zero-order valence-electron chi connectivity index (χ0n) is 14.4. The van der Waals surface area contributed by atoms with Gasteiger partial charge in [-0.15, -0.1) is 0 Å². The Kier molecular flexibility index (Phi) is 3.91. The number of hydrogen-bond donors (Lipinski definition) is 1. The number of hydrogen-bond acceptors (Lipinski definition) is 2. The highest BCUT2D eigenvalue weighted by atomic mass is 16.1. The summed E-state index contributed by atoms with van der Waals surface area (Å²) < 4.78 is 1.98. The molecule has 0 radical (unpaired) electrons. The first-order valence-electron chi connectivity index (χ1n) is 8.41. The second-order valence-electron chi connectivity index (χ2n) is 6.40. The van der Waals surface area contributed by atoms with Gasteiger partial charge in [-0.05, 0) is 46.7 Å². The molecule has 0 aliphatic carbocycles. The van der Waals surface area contributed by atoms with E-state index in [-0.39, 0.29) is 12.3 Å². The first-order valence-corrected chi connectivity index (χ1v) is 8.41. The molecule has 0 bridgehead atoms. The summed E-state index contributed by atoms with van der Waals surface area (Å²) in [5, 5.41) is 15.3. The van der Waals surface area contributed by atoms with Crippen molar-refractivity contribution in [1.29, 1.82) is 5.26 Å². The minimum atomic E-state index is -0.0739. The standard InChI is InChI=1S/C22H17N3O/c1-25-14-18(20-10-15(13-23)6-9-21(20)25)12-22(26)24-19-8-7-16-4-2-3-5-17(16)11-19/h2-11,14H,12H2,1H3,(H,24,26). The van der Waals surface area contributed by atoms with Crippen LogP contribution in [0.15, 0.2) is 66.9 Å². The van der Waals surface area contributed by atoms with Crippen molar-refractivity contribution in [2.45, 2.75) is 6.42 Å². The summed E-state index contributed by atoms with van der Waals surface area (Å²) in [4.78, 5) is 12.5. The molecule has 0 saturated carbocycles. The van der Waals surface area contributed by atoms with Gasteiger partial charge in [0.25, 0.3) is 0 Å². The monoisotopic (exact) mass is 339 g/mol. The third-order valence-corrected chi connectivity index (χ3v) is 4.59. The molecule has 0 fully saturated rings. The fraction of sp³-hybridized carbons (Fsp3) is 0.0909. The number of carbonyl (C=O) groups excluding carboxylic acids is 1. The summed E-state index contributed by atoms with van der Waals surface area (Å²) in [6, 6.07) is 21.6. The van der Waals surface area contributed by atoms with Crippen LogP contribution < -0.4 is 5.32 Å². The lowest BCUT2D eigenvalue weighted by molar-refractivity contribution is -0.115. The summed E-state index contributed by atoms with van der Waals surface area (Å²) in [5.74, 6) is -0.0739. The Morgan fingerprint density at radius 2 is 1.88 bits per heavy atom. The number of carbonyl (C=O) groups is 1. The van der Waals surface area contributed by atoms with Crippen LogP contribution in [0.5, 0.6) is 0 Å². The van der Waals surface area contributed by atoms with E-state index in [1.165, 1.54) is 0 Å². The predicted octanol–water partition coefficient (Wildman–Crippen LogP) is 4.38. The lowest BCUT2D eigenvalue weighted by Gasteiger charge is -2.06. The maximum absolute atomic E-state index is 12.5. The van der Waals surface area contributed by atoms with Crippen LogP contribution in [0, 0.1) is 11.3 Å². The smallest absolute Gasteiger partial charge is 0.228 e. The van der Waals surface area contributed by atoms with Crippen LogP contribution in [0.2, 0.25) is 0 Å². The maximum atomic E-state index is 12.5. The number of nitrogens with zero attached hydrogens (tertiary/aromatic N) is 2. The molecule has 126 valence electrons. The van der Waals surface area contributed by atoms with Gasteiger partial charge >= 0.3 is 0 Å². The molecule has 1 aromatic heterocycles. The lowest BCUT2D eigenvalue weighted by Crippen LogP contribution is -2.14. The third-order valence-electron chi connectivity index (χ3n) is 4.59. The number of rotatable bonds is 3. The molecule has 0 atom stereocenters. The number of fused-ring (bicyclic) bond motifs is 2. The van der Waals surface area contributed by atoms with Crippen LogP contribution in [0.3, 0.4) is 0 Å². The predicted molar refractivity (Wildman–Crippen MR) is 104 cm³/mol. The molecule has 1 amide bonds. The van der Waals surface area contributed by atoms with Crippen molar-refractivity contribution in [3.63, 3.8) is 0 Å². The van der Waals surface area contributed by atoms with E-state index in [0.29, 0.717) is 5.56 Å². The molecule has 4 aromatic rings. The minimum absolute atomic E-state index is 0.0739. The van der Waals surface area contributed by atoms with Gasteiger partial charge in [-0.25, -0.2) is 0 Å². The number of benzene rings is 3. The Balaban J connectivity index is 1.59. The Hall–Kier alpha value is -3.58. The van der Waals surface area contributed by atoms with E-state index >= 15 is 0 Å². The largest absolute Gasteiger partial charge is 0.350 e. The van der Waals surface area contributed by atoms with E-state index in [1.807, 2.05) is 72.4 Å². The van der Waals surface area contributed by atoms with E-state index in [4.69, 9.17) is 5.26 Å². The molecule has 1 N–H and O–H groups in total. The molecule has 4 heteroatoms. The first-order chi connectivity index (χ1) is 12.6. The minimum Gasteiger partial charge on any atom is -0.350 e. The molecule has 0 saturated heterocycles. The number of nitrogens with one attached hydrogen (secondary N) is 1. The molecule has 4 rings (SSSR count). The molecular weight excluding hydrogens is 322 g/mol. The van der Waals surface area contributed by atoms with Gasteiger partial charge in [0.05, 0.1) is 18.1 Å². The number of aryl methyl sites for hydroxylation is 1. The highest BCUT2D eigenvalue weighted by Crippen LogP contribution is 2.23. The molecule has 0 spiro atoms.